The van der Waals surface area contributed by atoms with Gasteiger partial charge in [0.25, 0.3) is 5.91 Å². The van der Waals surface area contributed by atoms with E-state index in [1.165, 1.54) is 32.6 Å². The van der Waals surface area contributed by atoms with Crippen molar-refractivity contribution in [1.29, 1.82) is 0 Å². The van der Waals surface area contributed by atoms with Crippen LogP contribution in [0, 0.1) is 5.92 Å². The number of hydrogen-bond acceptors (Lipinski definition) is 6. The van der Waals surface area contributed by atoms with Crippen molar-refractivity contribution >= 4 is 15.9 Å². The van der Waals surface area contributed by atoms with Gasteiger partial charge in [-0.3, -0.25) is 9.78 Å². The summed E-state index contributed by atoms with van der Waals surface area (Å²) < 4.78 is 30.3. The lowest BCUT2D eigenvalue weighted by atomic mass is 10.1. The fraction of sp³-hybridized carbons (Fsp3) is 0.538. The summed E-state index contributed by atoms with van der Waals surface area (Å²) >= 11 is 0. The number of sulfonamides is 1. The van der Waals surface area contributed by atoms with Crippen molar-refractivity contribution in [3.8, 4) is 5.75 Å². The van der Waals surface area contributed by atoms with Gasteiger partial charge in [0.2, 0.25) is 10.0 Å². The smallest absolute Gasteiger partial charge is 0.253 e. The average Bonchev–Trinajstić information content (AvgIpc) is 2.85. The Kier molecular flexibility index (Phi) is 4.99. The van der Waals surface area contributed by atoms with Crippen LogP contribution in [0.2, 0.25) is 0 Å². The van der Waals surface area contributed by atoms with Gasteiger partial charge in [0.05, 0.1) is 36.8 Å². The summed E-state index contributed by atoms with van der Waals surface area (Å²) in [5, 5.41) is 12.1. The van der Waals surface area contributed by atoms with Crippen LogP contribution in [0.3, 0.4) is 0 Å². The second kappa shape index (κ2) is 6.59. The first kappa shape index (κ1) is 16.7. The maximum absolute atomic E-state index is 12.1. The number of carbonyl (C=O) groups is 1. The number of rotatable bonds is 5. The zero-order valence-electron chi connectivity index (χ0n) is 12.4. The first-order valence-electron chi connectivity index (χ1n) is 6.72. The molecule has 1 aromatic rings. The van der Waals surface area contributed by atoms with Crippen molar-refractivity contribution in [3.63, 3.8) is 0 Å². The van der Waals surface area contributed by atoms with Gasteiger partial charge in [-0.25, -0.2) is 12.7 Å². The van der Waals surface area contributed by atoms with Crippen LogP contribution in [0.4, 0.5) is 0 Å². The molecule has 0 aliphatic carbocycles. The van der Waals surface area contributed by atoms with Gasteiger partial charge in [-0.05, 0) is 6.07 Å². The van der Waals surface area contributed by atoms with Gasteiger partial charge in [-0.15, -0.1) is 0 Å². The Morgan fingerprint density at radius 3 is 2.82 bits per heavy atom. The number of ether oxygens (including phenoxy) is 1. The molecule has 1 aliphatic rings. The van der Waals surface area contributed by atoms with E-state index >= 15 is 0 Å². The van der Waals surface area contributed by atoms with Crippen molar-refractivity contribution in [2.24, 2.45) is 5.92 Å². The molecule has 2 atom stereocenters. The van der Waals surface area contributed by atoms with E-state index in [2.05, 4.69) is 10.3 Å². The quantitative estimate of drug-likeness (QED) is 0.748. The van der Waals surface area contributed by atoms with E-state index < -0.39 is 22.0 Å². The normalized spacial score (nSPS) is 22.0. The van der Waals surface area contributed by atoms with Crippen molar-refractivity contribution < 1.29 is 23.1 Å². The molecule has 1 aliphatic heterocycles. The van der Waals surface area contributed by atoms with Crippen molar-refractivity contribution in [1.82, 2.24) is 14.6 Å². The van der Waals surface area contributed by atoms with E-state index in [1.54, 1.807) is 0 Å². The van der Waals surface area contributed by atoms with Gasteiger partial charge in [-0.2, -0.15) is 0 Å². The van der Waals surface area contributed by atoms with E-state index in [-0.39, 0.29) is 36.2 Å². The summed E-state index contributed by atoms with van der Waals surface area (Å²) in [5.41, 5.74) is 0.209. The van der Waals surface area contributed by atoms with Crippen molar-refractivity contribution in [3.05, 3.63) is 24.0 Å². The van der Waals surface area contributed by atoms with Crippen LogP contribution in [0.1, 0.15) is 10.4 Å². The maximum Gasteiger partial charge on any atom is 0.253 e. The lowest BCUT2D eigenvalue weighted by Gasteiger charge is -2.21. The largest absolute Gasteiger partial charge is 0.506 e. The molecule has 2 N–H and O–H groups in total. The number of pyridine rings is 1. The van der Waals surface area contributed by atoms with Gasteiger partial charge in [-0.1, -0.05) is 0 Å². The Hall–Kier alpha value is -1.71. The topological polar surface area (TPSA) is 109 Å². The number of nitrogens with zero attached hydrogens (tertiary/aromatic N) is 2. The molecule has 1 fully saturated rings. The first-order chi connectivity index (χ1) is 10.3. The Balaban J connectivity index is 2.04. The maximum atomic E-state index is 12.1. The third-order valence-corrected chi connectivity index (χ3v) is 5.44. The minimum absolute atomic E-state index is 0.0940. The minimum atomic E-state index is -3.37. The van der Waals surface area contributed by atoms with Crippen LogP contribution in [-0.4, -0.2) is 67.8 Å². The van der Waals surface area contributed by atoms with Crippen molar-refractivity contribution in [2.75, 3.05) is 33.1 Å². The molecule has 8 nitrogen and oxygen atoms in total. The molecule has 22 heavy (non-hydrogen) atoms. The zero-order valence-corrected chi connectivity index (χ0v) is 13.2. The summed E-state index contributed by atoms with van der Waals surface area (Å²) in [4.78, 5) is 15.9. The van der Waals surface area contributed by atoms with Crippen LogP contribution in [-0.2, 0) is 14.8 Å². The number of aromatic hydroxyl groups is 1. The van der Waals surface area contributed by atoms with Crippen LogP contribution >= 0.6 is 0 Å². The van der Waals surface area contributed by atoms with Crippen molar-refractivity contribution in [2.45, 2.75) is 6.04 Å². The number of hydrogen-bond donors (Lipinski definition) is 2. The Labute approximate surface area is 129 Å². The molecular weight excluding hydrogens is 310 g/mol. The Morgan fingerprint density at radius 2 is 2.18 bits per heavy atom. The monoisotopic (exact) mass is 329 g/mol. The molecule has 122 valence electrons. The fourth-order valence-corrected chi connectivity index (χ4v) is 3.31. The fourth-order valence-electron chi connectivity index (χ4n) is 2.15. The molecule has 0 bridgehead atoms. The molecule has 1 aromatic heterocycles. The highest BCUT2D eigenvalue weighted by Gasteiger charge is 2.34. The van der Waals surface area contributed by atoms with Crippen LogP contribution in [0.15, 0.2) is 18.5 Å². The molecule has 9 heteroatoms. The summed E-state index contributed by atoms with van der Waals surface area (Å²) in [6.07, 6.45) is 2.55. The number of amides is 1. The second-order valence-corrected chi connectivity index (χ2v) is 7.60. The van der Waals surface area contributed by atoms with Gasteiger partial charge in [0.1, 0.15) is 5.75 Å². The van der Waals surface area contributed by atoms with Crippen LogP contribution in [0.25, 0.3) is 0 Å². The summed E-state index contributed by atoms with van der Waals surface area (Å²) in [6, 6.07) is 0.897. The summed E-state index contributed by atoms with van der Waals surface area (Å²) in [6.45, 7) is 0.530. The standard InChI is InChI=1S/C13H19N3O5S/c1-16(2)22(19,20)8-10-6-21-7-12(10)15-13(18)9-3-11(17)5-14-4-9/h3-5,10,12,17H,6-8H2,1-2H3,(H,15,18)/t10-,12+/m0/s1. The number of aromatic nitrogens is 1. The molecule has 0 aromatic carbocycles. The molecule has 2 heterocycles. The van der Waals surface area contributed by atoms with E-state index in [1.807, 2.05) is 0 Å². The van der Waals surface area contributed by atoms with Crippen LogP contribution < -0.4 is 5.32 Å². The molecule has 0 radical (unpaired) electrons. The number of nitrogens with one attached hydrogen (secondary N) is 1. The predicted molar refractivity (Wildman–Crippen MR) is 78.9 cm³/mol. The second-order valence-electron chi connectivity index (χ2n) is 5.37. The Morgan fingerprint density at radius 1 is 1.45 bits per heavy atom. The SMILES string of the molecule is CN(C)S(=O)(=O)C[C@@H]1COC[C@H]1NC(=O)c1cncc(O)c1. The van der Waals surface area contributed by atoms with E-state index in [4.69, 9.17) is 4.74 Å². The summed E-state index contributed by atoms with van der Waals surface area (Å²) in [7, 11) is -0.433. The zero-order chi connectivity index (χ0) is 16.3. The Bertz CT molecular complexity index is 647. The third-order valence-electron chi connectivity index (χ3n) is 3.48. The molecule has 0 unspecified atom stereocenters. The number of carbonyl (C=O) groups excluding carboxylic acids is 1. The molecule has 2 rings (SSSR count). The van der Waals surface area contributed by atoms with Crippen LogP contribution in [0.5, 0.6) is 5.75 Å². The third kappa shape index (κ3) is 3.93. The lowest BCUT2D eigenvalue weighted by Crippen LogP contribution is -2.43. The molecule has 1 saturated heterocycles. The molecule has 0 spiro atoms. The van der Waals surface area contributed by atoms with E-state index in [9.17, 15) is 18.3 Å². The van der Waals surface area contributed by atoms with Gasteiger partial charge in [0, 0.05) is 26.2 Å². The van der Waals surface area contributed by atoms with Gasteiger partial charge < -0.3 is 15.2 Å². The van der Waals surface area contributed by atoms with E-state index in [0.29, 0.717) is 0 Å². The molecule has 1 amide bonds. The highest BCUT2D eigenvalue weighted by Crippen LogP contribution is 2.18. The van der Waals surface area contributed by atoms with E-state index in [0.717, 1.165) is 4.31 Å². The van der Waals surface area contributed by atoms with Gasteiger partial charge >= 0.3 is 0 Å². The highest BCUT2D eigenvalue weighted by atomic mass is 32.2. The highest BCUT2D eigenvalue weighted by molar-refractivity contribution is 7.89. The van der Waals surface area contributed by atoms with Gasteiger partial charge in [0.15, 0.2) is 0 Å². The molecular formula is C13H19N3O5S. The average molecular weight is 329 g/mol. The predicted octanol–water partition coefficient (Wildman–Crippen LogP) is -0.577. The molecule has 0 saturated carbocycles. The minimum Gasteiger partial charge on any atom is -0.506 e. The first-order valence-corrected chi connectivity index (χ1v) is 8.33. The summed E-state index contributed by atoms with van der Waals surface area (Å²) in [5.74, 6) is -0.946. The lowest BCUT2D eigenvalue weighted by molar-refractivity contribution is 0.0925.